The normalized spacial score (nSPS) is 10.7. The van der Waals surface area contributed by atoms with E-state index in [2.05, 4.69) is 70.3 Å². The largest absolute Gasteiger partial charge is 0.457 e. The van der Waals surface area contributed by atoms with Crippen LogP contribution in [0, 0.1) is 27.7 Å². The maximum absolute atomic E-state index is 6.09. The molecule has 0 aliphatic carbocycles. The van der Waals surface area contributed by atoms with Crippen molar-refractivity contribution in [2.45, 2.75) is 41.2 Å². The topological polar surface area (TPSA) is 21.3 Å². The highest BCUT2D eigenvalue weighted by Gasteiger charge is 2.07. The summed E-state index contributed by atoms with van der Waals surface area (Å²) in [7, 11) is 0. The van der Waals surface area contributed by atoms with Gasteiger partial charge in [-0.1, -0.05) is 19.1 Å². The van der Waals surface area contributed by atoms with E-state index in [1.807, 2.05) is 0 Å². The average molecular weight is 283 g/mol. The SMILES string of the molecule is CCNCc1ccc(Oc2cc(C)cc(C)c2C)cc1C. The highest BCUT2D eigenvalue weighted by atomic mass is 16.5. The molecule has 0 aliphatic rings. The Kier molecular flexibility index (Phi) is 5.03. The fourth-order valence-electron chi connectivity index (χ4n) is 2.42. The molecule has 2 aromatic carbocycles. The third-order valence-electron chi connectivity index (χ3n) is 3.87. The summed E-state index contributed by atoms with van der Waals surface area (Å²) in [6.45, 7) is 12.5. The second-order valence-electron chi connectivity index (χ2n) is 5.68. The van der Waals surface area contributed by atoms with Gasteiger partial charge in [0.2, 0.25) is 0 Å². The molecule has 21 heavy (non-hydrogen) atoms. The van der Waals surface area contributed by atoms with Gasteiger partial charge in [-0.3, -0.25) is 0 Å². The molecule has 0 saturated carbocycles. The zero-order valence-corrected chi connectivity index (χ0v) is 13.7. The molecule has 1 N–H and O–H groups in total. The molecule has 0 amide bonds. The zero-order chi connectivity index (χ0) is 15.4. The lowest BCUT2D eigenvalue weighted by atomic mass is 10.1. The van der Waals surface area contributed by atoms with E-state index < -0.39 is 0 Å². The number of rotatable bonds is 5. The quantitative estimate of drug-likeness (QED) is 0.849. The Morgan fingerprint density at radius 1 is 0.952 bits per heavy atom. The van der Waals surface area contributed by atoms with Crippen LogP contribution in [-0.2, 0) is 6.54 Å². The van der Waals surface area contributed by atoms with Crippen LogP contribution in [0.15, 0.2) is 30.3 Å². The van der Waals surface area contributed by atoms with Crippen molar-refractivity contribution in [1.82, 2.24) is 5.32 Å². The van der Waals surface area contributed by atoms with Crippen molar-refractivity contribution in [3.05, 3.63) is 58.1 Å². The van der Waals surface area contributed by atoms with Crippen molar-refractivity contribution < 1.29 is 4.74 Å². The lowest BCUT2D eigenvalue weighted by Gasteiger charge is -2.14. The molecule has 2 aromatic rings. The minimum absolute atomic E-state index is 0.904. The molecular formula is C19H25NO. The van der Waals surface area contributed by atoms with E-state index >= 15 is 0 Å². The van der Waals surface area contributed by atoms with Crippen molar-refractivity contribution in [1.29, 1.82) is 0 Å². The van der Waals surface area contributed by atoms with E-state index in [0.717, 1.165) is 24.6 Å². The van der Waals surface area contributed by atoms with Crippen LogP contribution in [0.3, 0.4) is 0 Å². The van der Waals surface area contributed by atoms with Gasteiger partial charge in [-0.05, 0) is 80.3 Å². The molecule has 0 spiro atoms. The van der Waals surface area contributed by atoms with Gasteiger partial charge in [0.25, 0.3) is 0 Å². The summed E-state index contributed by atoms with van der Waals surface area (Å²) in [6, 6.07) is 10.6. The molecule has 0 unspecified atom stereocenters. The number of hydrogen-bond donors (Lipinski definition) is 1. The molecule has 0 bridgehead atoms. The molecular weight excluding hydrogens is 258 g/mol. The van der Waals surface area contributed by atoms with Crippen LogP contribution in [0.5, 0.6) is 11.5 Å². The first-order valence-corrected chi connectivity index (χ1v) is 7.57. The van der Waals surface area contributed by atoms with E-state index in [0.29, 0.717) is 0 Å². The van der Waals surface area contributed by atoms with Gasteiger partial charge in [0.1, 0.15) is 11.5 Å². The summed E-state index contributed by atoms with van der Waals surface area (Å²) in [6.07, 6.45) is 0. The van der Waals surface area contributed by atoms with Gasteiger partial charge in [-0.25, -0.2) is 0 Å². The summed E-state index contributed by atoms with van der Waals surface area (Å²) >= 11 is 0. The Bertz CT molecular complexity index is 632. The molecule has 0 radical (unpaired) electrons. The van der Waals surface area contributed by atoms with Gasteiger partial charge < -0.3 is 10.1 Å². The fourth-order valence-corrected chi connectivity index (χ4v) is 2.42. The minimum Gasteiger partial charge on any atom is -0.457 e. The standard InChI is InChI=1S/C19H25NO/c1-6-20-12-17-7-8-18(11-15(17)4)21-19-10-13(2)9-14(3)16(19)5/h7-11,20H,6,12H2,1-5H3. The highest BCUT2D eigenvalue weighted by Crippen LogP contribution is 2.29. The predicted octanol–water partition coefficient (Wildman–Crippen LogP) is 4.82. The molecule has 0 saturated heterocycles. The molecule has 2 rings (SSSR count). The second-order valence-corrected chi connectivity index (χ2v) is 5.68. The molecule has 0 fully saturated rings. The van der Waals surface area contributed by atoms with Gasteiger partial charge in [0, 0.05) is 6.54 Å². The lowest BCUT2D eigenvalue weighted by molar-refractivity contribution is 0.477. The van der Waals surface area contributed by atoms with Crippen molar-refractivity contribution in [2.75, 3.05) is 6.54 Å². The Hall–Kier alpha value is -1.80. The van der Waals surface area contributed by atoms with E-state index in [9.17, 15) is 0 Å². The van der Waals surface area contributed by atoms with Gasteiger partial charge in [-0.15, -0.1) is 0 Å². The first-order chi connectivity index (χ1) is 10.0. The van der Waals surface area contributed by atoms with E-state index in [1.54, 1.807) is 0 Å². The molecule has 2 heteroatoms. The Balaban J connectivity index is 2.22. The maximum Gasteiger partial charge on any atom is 0.130 e. The van der Waals surface area contributed by atoms with Crippen molar-refractivity contribution in [3.63, 3.8) is 0 Å². The van der Waals surface area contributed by atoms with Crippen LogP contribution in [-0.4, -0.2) is 6.54 Å². The summed E-state index contributed by atoms with van der Waals surface area (Å²) in [5, 5.41) is 3.36. The third-order valence-corrected chi connectivity index (χ3v) is 3.87. The number of ether oxygens (including phenoxy) is 1. The van der Waals surface area contributed by atoms with E-state index in [-0.39, 0.29) is 0 Å². The Morgan fingerprint density at radius 2 is 1.71 bits per heavy atom. The molecule has 0 aliphatic heterocycles. The van der Waals surface area contributed by atoms with Gasteiger partial charge in [0.15, 0.2) is 0 Å². The molecule has 2 nitrogen and oxygen atoms in total. The summed E-state index contributed by atoms with van der Waals surface area (Å²) in [4.78, 5) is 0. The summed E-state index contributed by atoms with van der Waals surface area (Å²) < 4.78 is 6.09. The lowest BCUT2D eigenvalue weighted by Crippen LogP contribution is -2.12. The maximum atomic E-state index is 6.09. The Morgan fingerprint density at radius 3 is 2.38 bits per heavy atom. The fraction of sp³-hybridized carbons (Fsp3) is 0.368. The van der Waals surface area contributed by atoms with Crippen LogP contribution in [0.25, 0.3) is 0 Å². The van der Waals surface area contributed by atoms with Gasteiger partial charge >= 0.3 is 0 Å². The van der Waals surface area contributed by atoms with E-state index in [1.165, 1.54) is 27.8 Å². The highest BCUT2D eigenvalue weighted by molar-refractivity contribution is 5.45. The van der Waals surface area contributed by atoms with Gasteiger partial charge in [-0.2, -0.15) is 0 Å². The number of hydrogen-bond acceptors (Lipinski definition) is 2. The second kappa shape index (κ2) is 6.77. The van der Waals surface area contributed by atoms with Crippen LogP contribution in [0.1, 0.15) is 34.7 Å². The zero-order valence-electron chi connectivity index (χ0n) is 13.7. The summed E-state index contributed by atoms with van der Waals surface area (Å²) in [5.74, 6) is 1.85. The predicted molar refractivity (Wildman–Crippen MR) is 89.3 cm³/mol. The van der Waals surface area contributed by atoms with Crippen molar-refractivity contribution in [3.8, 4) is 11.5 Å². The summed E-state index contributed by atoms with van der Waals surface area (Å²) in [5.41, 5.74) is 6.28. The van der Waals surface area contributed by atoms with Crippen LogP contribution in [0.4, 0.5) is 0 Å². The molecule has 112 valence electrons. The van der Waals surface area contributed by atoms with E-state index in [4.69, 9.17) is 4.74 Å². The van der Waals surface area contributed by atoms with Crippen molar-refractivity contribution in [2.24, 2.45) is 0 Å². The molecule has 0 atom stereocenters. The average Bonchev–Trinajstić information content (AvgIpc) is 2.43. The van der Waals surface area contributed by atoms with Gasteiger partial charge in [0.05, 0.1) is 0 Å². The number of aryl methyl sites for hydroxylation is 3. The molecule has 0 heterocycles. The van der Waals surface area contributed by atoms with Crippen LogP contribution in [0.2, 0.25) is 0 Å². The number of benzene rings is 2. The van der Waals surface area contributed by atoms with Crippen LogP contribution < -0.4 is 10.1 Å². The first-order valence-electron chi connectivity index (χ1n) is 7.57. The smallest absolute Gasteiger partial charge is 0.130 e. The van der Waals surface area contributed by atoms with Crippen molar-refractivity contribution >= 4 is 0 Å². The number of nitrogens with one attached hydrogen (secondary N) is 1. The first kappa shape index (κ1) is 15.6. The van der Waals surface area contributed by atoms with Crippen LogP contribution >= 0.6 is 0 Å². The minimum atomic E-state index is 0.904. The Labute approximate surface area is 128 Å². The molecule has 0 aromatic heterocycles. The third kappa shape index (κ3) is 3.85. The monoisotopic (exact) mass is 283 g/mol.